The fourth-order valence-corrected chi connectivity index (χ4v) is 1.74. The Labute approximate surface area is 111 Å². The fraction of sp³-hybridized carbons (Fsp3) is 0.308. The maximum atomic E-state index is 5.20. The van der Waals surface area contributed by atoms with E-state index < -0.39 is 0 Å². The second kappa shape index (κ2) is 5.99. The summed E-state index contributed by atoms with van der Waals surface area (Å²) in [4.78, 5) is 12.4. The van der Waals surface area contributed by atoms with Crippen molar-refractivity contribution in [1.82, 2.24) is 15.0 Å². The minimum atomic E-state index is 0.565. The Bertz CT molecular complexity index is 560. The van der Waals surface area contributed by atoms with Crippen LogP contribution in [0.1, 0.15) is 11.1 Å². The van der Waals surface area contributed by atoms with E-state index in [1.165, 1.54) is 6.33 Å². The van der Waals surface area contributed by atoms with Crippen molar-refractivity contribution >= 4 is 5.82 Å². The van der Waals surface area contributed by atoms with Gasteiger partial charge in [0.1, 0.15) is 12.1 Å². The van der Waals surface area contributed by atoms with Crippen LogP contribution in [-0.4, -0.2) is 29.2 Å². The minimum Gasteiger partial charge on any atom is -0.481 e. The summed E-state index contributed by atoms with van der Waals surface area (Å²) in [6.07, 6.45) is 3.16. The summed E-state index contributed by atoms with van der Waals surface area (Å²) in [5.41, 5.74) is 1.83. The SMILES string of the molecule is COc1ncccc1CNc1ncnc(OC)c1C. The monoisotopic (exact) mass is 260 g/mol. The Hall–Kier alpha value is -2.37. The lowest BCUT2D eigenvalue weighted by Gasteiger charge is -2.11. The van der Waals surface area contributed by atoms with E-state index in [1.54, 1.807) is 20.4 Å². The fourth-order valence-electron chi connectivity index (χ4n) is 1.74. The molecular weight excluding hydrogens is 244 g/mol. The molecule has 0 amide bonds. The van der Waals surface area contributed by atoms with Gasteiger partial charge < -0.3 is 14.8 Å². The summed E-state index contributed by atoms with van der Waals surface area (Å²) >= 11 is 0. The average Bonchev–Trinajstić information content (AvgIpc) is 2.46. The number of pyridine rings is 1. The highest BCUT2D eigenvalue weighted by Crippen LogP contribution is 2.21. The van der Waals surface area contributed by atoms with E-state index in [4.69, 9.17) is 9.47 Å². The molecule has 2 rings (SSSR count). The van der Waals surface area contributed by atoms with Crippen LogP contribution in [0.15, 0.2) is 24.7 Å². The molecule has 0 saturated carbocycles. The quantitative estimate of drug-likeness (QED) is 0.884. The molecule has 0 atom stereocenters. The Morgan fingerprint density at radius 2 is 1.89 bits per heavy atom. The highest BCUT2D eigenvalue weighted by Gasteiger charge is 2.08. The molecular formula is C13H16N4O2. The molecule has 2 aromatic heterocycles. The Morgan fingerprint density at radius 1 is 1.11 bits per heavy atom. The van der Waals surface area contributed by atoms with Crippen LogP contribution in [-0.2, 0) is 6.54 Å². The molecule has 1 N–H and O–H groups in total. The van der Waals surface area contributed by atoms with Crippen LogP contribution in [0.3, 0.4) is 0 Å². The van der Waals surface area contributed by atoms with Crippen LogP contribution >= 0.6 is 0 Å². The topological polar surface area (TPSA) is 69.2 Å². The molecule has 19 heavy (non-hydrogen) atoms. The van der Waals surface area contributed by atoms with Crippen LogP contribution in [0.2, 0.25) is 0 Å². The first-order valence-corrected chi connectivity index (χ1v) is 5.83. The third-order valence-corrected chi connectivity index (χ3v) is 2.72. The summed E-state index contributed by atoms with van der Waals surface area (Å²) in [7, 11) is 3.19. The highest BCUT2D eigenvalue weighted by atomic mass is 16.5. The van der Waals surface area contributed by atoms with Gasteiger partial charge in [0.2, 0.25) is 11.8 Å². The molecule has 0 bridgehead atoms. The zero-order chi connectivity index (χ0) is 13.7. The number of rotatable bonds is 5. The van der Waals surface area contributed by atoms with E-state index in [0.29, 0.717) is 18.3 Å². The van der Waals surface area contributed by atoms with Crippen molar-refractivity contribution in [1.29, 1.82) is 0 Å². The maximum absolute atomic E-state index is 5.20. The maximum Gasteiger partial charge on any atom is 0.221 e. The second-order valence-corrected chi connectivity index (χ2v) is 3.88. The van der Waals surface area contributed by atoms with Gasteiger partial charge in [-0.1, -0.05) is 6.07 Å². The van der Waals surface area contributed by atoms with Gasteiger partial charge in [-0.05, 0) is 13.0 Å². The van der Waals surface area contributed by atoms with Gasteiger partial charge in [0.05, 0.1) is 19.8 Å². The largest absolute Gasteiger partial charge is 0.481 e. The van der Waals surface area contributed by atoms with Crippen LogP contribution < -0.4 is 14.8 Å². The van der Waals surface area contributed by atoms with Gasteiger partial charge in [-0.3, -0.25) is 0 Å². The first kappa shape index (κ1) is 13.1. The number of nitrogens with one attached hydrogen (secondary N) is 1. The van der Waals surface area contributed by atoms with E-state index in [2.05, 4.69) is 20.3 Å². The number of hydrogen-bond acceptors (Lipinski definition) is 6. The van der Waals surface area contributed by atoms with Gasteiger partial charge in [-0.15, -0.1) is 0 Å². The lowest BCUT2D eigenvalue weighted by atomic mass is 10.2. The molecule has 0 unspecified atom stereocenters. The smallest absolute Gasteiger partial charge is 0.221 e. The Morgan fingerprint density at radius 3 is 2.63 bits per heavy atom. The number of ether oxygens (including phenoxy) is 2. The molecule has 0 aliphatic rings. The predicted octanol–water partition coefficient (Wildman–Crippen LogP) is 1.81. The van der Waals surface area contributed by atoms with Gasteiger partial charge in [0.15, 0.2) is 0 Å². The number of hydrogen-bond donors (Lipinski definition) is 1. The van der Waals surface area contributed by atoms with Crippen LogP contribution in [0.25, 0.3) is 0 Å². The summed E-state index contributed by atoms with van der Waals surface area (Å²) in [5, 5.41) is 3.23. The molecule has 0 radical (unpaired) electrons. The Balaban J connectivity index is 2.15. The molecule has 0 fully saturated rings. The number of aromatic nitrogens is 3. The molecule has 2 aromatic rings. The number of anilines is 1. The zero-order valence-corrected chi connectivity index (χ0v) is 11.2. The van der Waals surface area contributed by atoms with Gasteiger partial charge in [-0.2, -0.15) is 0 Å². The van der Waals surface area contributed by atoms with Crippen molar-refractivity contribution in [2.24, 2.45) is 0 Å². The normalized spacial score (nSPS) is 10.1. The lowest BCUT2D eigenvalue weighted by Crippen LogP contribution is -2.06. The first-order valence-electron chi connectivity index (χ1n) is 5.83. The second-order valence-electron chi connectivity index (χ2n) is 3.88. The van der Waals surface area contributed by atoms with E-state index in [9.17, 15) is 0 Å². The van der Waals surface area contributed by atoms with Crippen molar-refractivity contribution in [3.05, 3.63) is 35.8 Å². The predicted molar refractivity (Wildman–Crippen MR) is 71.4 cm³/mol. The molecule has 6 heteroatoms. The third-order valence-electron chi connectivity index (χ3n) is 2.72. The van der Waals surface area contributed by atoms with Gasteiger partial charge in [-0.25, -0.2) is 15.0 Å². The lowest BCUT2D eigenvalue weighted by molar-refractivity contribution is 0.392. The van der Waals surface area contributed by atoms with Crippen molar-refractivity contribution in [3.63, 3.8) is 0 Å². The van der Waals surface area contributed by atoms with Crippen molar-refractivity contribution in [3.8, 4) is 11.8 Å². The van der Waals surface area contributed by atoms with Crippen LogP contribution in [0.4, 0.5) is 5.82 Å². The summed E-state index contributed by atoms with van der Waals surface area (Å²) < 4.78 is 10.4. The molecule has 0 aliphatic heterocycles. The van der Waals surface area contributed by atoms with Crippen LogP contribution in [0.5, 0.6) is 11.8 Å². The highest BCUT2D eigenvalue weighted by molar-refractivity contribution is 5.48. The van der Waals surface area contributed by atoms with Crippen molar-refractivity contribution < 1.29 is 9.47 Å². The summed E-state index contributed by atoms with van der Waals surface area (Å²) in [6, 6.07) is 3.82. The molecule has 0 aromatic carbocycles. The van der Waals surface area contributed by atoms with Gasteiger partial charge in [0, 0.05) is 18.3 Å². The average molecular weight is 260 g/mol. The third kappa shape index (κ3) is 2.90. The van der Waals surface area contributed by atoms with E-state index in [0.717, 1.165) is 16.9 Å². The first-order chi connectivity index (χ1) is 9.26. The minimum absolute atomic E-state index is 0.565. The van der Waals surface area contributed by atoms with E-state index in [1.807, 2.05) is 19.1 Å². The molecule has 0 aliphatic carbocycles. The molecule has 6 nitrogen and oxygen atoms in total. The van der Waals surface area contributed by atoms with Gasteiger partial charge in [0.25, 0.3) is 0 Å². The molecule has 2 heterocycles. The van der Waals surface area contributed by atoms with Crippen molar-refractivity contribution in [2.45, 2.75) is 13.5 Å². The summed E-state index contributed by atoms with van der Waals surface area (Å²) in [5.74, 6) is 1.90. The molecule has 100 valence electrons. The Kier molecular flexibility index (Phi) is 4.12. The number of nitrogens with zero attached hydrogens (tertiary/aromatic N) is 3. The molecule has 0 saturated heterocycles. The van der Waals surface area contributed by atoms with Crippen LogP contribution in [0, 0.1) is 6.92 Å². The zero-order valence-electron chi connectivity index (χ0n) is 11.2. The summed E-state index contributed by atoms with van der Waals surface area (Å²) in [6.45, 7) is 2.47. The van der Waals surface area contributed by atoms with Crippen molar-refractivity contribution in [2.75, 3.05) is 19.5 Å². The number of methoxy groups -OCH3 is 2. The standard InChI is InChI=1S/C13H16N4O2/c1-9-11(16-8-17-12(9)18-2)15-7-10-5-4-6-14-13(10)19-3/h4-6,8H,7H2,1-3H3,(H,15,16,17). The van der Waals surface area contributed by atoms with E-state index in [-0.39, 0.29) is 0 Å². The molecule has 0 spiro atoms. The van der Waals surface area contributed by atoms with Gasteiger partial charge >= 0.3 is 0 Å². The van der Waals surface area contributed by atoms with E-state index >= 15 is 0 Å².